The van der Waals surface area contributed by atoms with Crippen LogP contribution in [0.5, 0.6) is 0 Å². The van der Waals surface area contributed by atoms with Crippen molar-refractivity contribution in [3.05, 3.63) is 0 Å². The molecule has 0 aromatic carbocycles. The van der Waals surface area contributed by atoms with Gasteiger partial charge in [-0.3, -0.25) is 43.2 Å². The third-order valence-electron chi connectivity index (χ3n) is 27.8. The Balaban J connectivity index is 0.000000146. The van der Waals surface area contributed by atoms with Gasteiger partial charge in [0.2, 0.25) is 28.9 Å². The Bertz CT molecular complexity index is 3000. The zero-order valence-corrected chi connectivity index (χ0v) is 62.4. The van der Waals surface area contributed by atoms with Gasteiger partial charge in [0.25, 0.3) is 0 Å². The van der Waals surface area contributed by atoms with E-state index in [1.54, 1.807) is 0 Å². The summed E-state index contributed by atoms with van der Waals surface area (Å²) < 4.78 is 17.9. The summed E-state index contributed by atoms with van der Waals surface area (Å²) >= 11 is 5.76. The highest BCUT2D eigenvalue weighted by Crippen LogP contribution is 2.65. The average Bonchev–Trinajstić information content (AvgIpc) is 0.769. The van der Waals surface area contributed by atoms with Crippen LogP contribution in [0.2, 0.25) is 0 Å². The molecule has 4 atom stereocenters. The SMILES string of the molecule is COC(=O)CC(N)C(=O)OC.COC(=O)CC(NC(=O)C12CC3CC(CC(C3)C1)C2)C(=O)OC.Cl.O=C(Cl)C12CC3CC(CC(C3)C1)C2.O=C(O)C(CCCCNC(=O)C12CC3CC(CC(C3)C1)C2)NC(=O)C12CC3CC(CC(C3)C1)C2.O=C(O)CC(NC(=O)C12CC3CC(CC(C3)C1)C2)C(=O)O. The average molecular weight is 1490 g/mol. The minimum Gasteiger partial charge on any atom is -0.481 e. The molecule has 20 aliphatic rings. The summed E-state index contributed by atoms with van der Waals surface area (Å²) in [7, 11) is 4.95. The van der Waals surface area contributed by atoms with E-state index >= 15 is 0 Å². The minimum atomic E-state index is -1.33. The van der Waals surface area contributed by atoms with Crippen molar-refractivity contribution in [1.29, 1.82) is 0 Å². The first-order chi connectivity index (χ1) is 48.4. The number of hydrogen-bond donors (Lipinski definition) is 8. The number of esters is 4. The fourth-order valence-electron chi connectivity index (χ4n) is 25.4. The lowest BCUT2D eigenvalue weighted by Gasteiger charge is -2.55. The maximum Gasteiger partial charge on any atom is 0.328 e. The van der Waals surface area contributed by atoms with Crippen molar-refractivity contribution < 1.29 is 91.8 Å². The predicted octanol–water partition coefficient (Wildman–Crippen LogP) is 9.39. The van der Waals surface area contributed by atoms with E-state index in [1.165, 1.54) is 125 Å². The molecule has 20 rings (SSSR count). The quantitative estimate of drug-likeness (QED) is 0.0204. The van der Waals surface area contributed by atoms with Gasteiger partial charge in [0.1, 0.15) is 24.2 Å². The minimum absolute atomic E-state index is 0. The lowest BCUT2D eigenvalue weighted by atomic mass is 9.49. The number of nitrogens with two attached hydrogens (primary N) is 1. The van der Waals surface area contributed by atoms with E-state index in [2.05, 4.69) is 35.5 Å². The number of methoxy groups -OCH3 is 4. The standard InChI is InChI=1S/C28H42N2O4.C17H25NO5.C15H21NO5.C11H15ClO.C6H11NO4.ClH/c31-24(32)23(30-26(34)28-14-20-8-21(15-28)10-22(9-20)16-28)3-1-2-4-29-25(33)27-11-17-5-18(12-27)7-19(6-17)13-27;1-22-14(19)6-13(15(20)23-2)18-16(21)17-7-10-3-11(8-17)5-12(4-10)9-17;17-12(18)4-11(13(19)20)16-14(21)15-5-8-1-9(6-15)3-10(2-8)7-15;12-10(13)11-4-7-1-8(5-11)3-9(2-7)6-11;1-10-5(8)3-4(7)6(9)11-2;/h17-23H,1-16H2,(H,29,33)(H,30,34)(H,31,32);10-13H,3-9H2,1-2H3,(H,18,21);8-11H,1-7H2,(H,16,21)(H,17,18)(H,19,20);7-9H,1-6H2;4H,3,7H2,1-2H3;1H. The largest absolute Gasteiger partial charge is 0.481 e. The number of carboxylic acid groups (broad SMARTS) is 3. The van der Waals surface area contributed by atoms with Gasteiger partial charge in [-0.2, -0.15) is 0 Å². The first-order valence-electron chi connectivity index (χ1n) is 38.6. The Morgan fingerprint density at radius 1 is 0.369 bits per heavy atom. The van der Waals surface area contributed by atoms with Gasteiger partial charge in [-0.05, 0) is 312 Å². The molecule has 0 spiro atoms. The monoisotopic (exact) mass is 1480 g/mol. The highest BCUT2D eigenvalue weighted by molar-refractivity contribution is 6.64. The second-order valence-corrected chi connectivity index (χ2v) is 35.9. The summed E-state index contributed by atoms with van der Waals surface area (Å²) in [5, 5.41) is 39.0. The van der Waals surface area contributed by atoms with Gasteiger partial charge in [-0.15, -0.1) is 12.4 Å². The molecule has 4 unspecified atom stereocenters. The third kappa shape index (κ3) is 18.5. The molecule has 20 fully saturated rings. The zero-order valence-electron chi connectivity index (χ0n) is 60.9. The lowest BCUT2D eigenvalue weighted by molar-refractivity contribution is -0.155. The Labute approximate surface area is 616 Å². The van der Waals surface area contributed by atoms with Crippen LogP contribution < -0.4 is 27.0 Å². The molecule has 20 bridgehead atoms. The van der Waals surface area contributed by atoms with Gasteiger partial charge in [0, 0.05) is 33.6 Å². The van der Waals surface area contributed by atoms with Gasteiger partial charge in [-0.1, -0.05) is 0 Å². The fraction of sp³-hybridized carbons (Fsp3) is 0.844. The number of ether oxygens (including phenoxy) is 4. The number of aliphatic carboxylic acids is 3. The summed E-state index contributed by atoms with van der Waals surface area (Å²) in [4.78, 5) is 142. The summed E-state index contributed by atoms with van der Waals surface area (Å²) in [6.07, 6.45) is 34.8. The number of carbonyl (C=O) groups is 12. The van der Waals surface area contributed by atoms with Crippen molar-refractivity contribution in [2.75, 3.05) is 35.0 Å². The number of rotatable bonds is 23. The van der Waals surface area contributed by atoms with Crippen molar-refractivity contribution in [2.45, 2.75) is 255 Å². The zero-order chi connectivity index (χ0) is 73.2. The first-order valence-corrected chi connectivity index (χ1v) is 39.0. The summed E-state index contributed by atoms with van der Waals surface area (Å²) in [6, 6.07) is -4.04. The molecule has 4 amide bonds. The number of halogens is 2. The van der Waals surface area contributed by atoms with Crippen LogP contribution in [-0.4, -0.2) is 145 Å². The maximum atomic E-state index is 13.3. The van der Waals surface area contributed by atoms with Gasteiger partial charge in [-0.25, -0.2) is 14.4 Å². The Morgan fingerprint density at radius 2 is 0.641 bits per heavy atom. The lowest BCUT2D eigenvalue weighted by Crippen LogP contribution is -2.56. The molecule has 576 valence electrons. The van der Waals surface area contributed by atoms with Crippen molar-refractivity contribution in [3.63, 3.8) is 0 Å². The molecule has 20 aliphatic carbocycles. The highest BCUT2D eigenvalue weighted by Gasteiger charge is 2.60. The van der Waals surface area contributed by atoms with Gasteiger partial charge < -0.3 is 61.3 Å². The van der Waals surface area contributed by atoms with Gasteiger partial charge in [0.15, 0.2) is 0 Å². The molecule has 0 heterocycles. The molecule has 9 N–H and O–H groups in total. The van der Waals surface area contributed by atoms with E-state index in [0.717, 1.165) is 138 Å². The van der Waals surface area contributed by atoms with E-state index in [-0.39, 0.29) is 75.8 Å². The van der Waals surface area contributed by atoms with Crippen LogP contribution in [-0.2, 0) is 76.5 Å². The molecule has 20 saturated carbocycles. The van der Waals surface area contributed by atoms with Crippen molar-refractivity contribution in [1.82, 2.24) is 21.3 Å². The fourth-order valence-corrected chi connectivity index (χ4v) is 25.6. The second-order valence-electron chi connectivity index (χ2n) is 35.6. The molecular formula is C77H115Cl2N5O19. The third-order valence-corrected chi connectivity index (χ3v) is 28.2. The van der Waals surface area contributed by atoms with Crippen LogP contribution in [0.25, 0.3) is 0 Å². The molecule has 0 aliphatic heterocycles. The van der Waals surface area contributed by atoms with Gasteiger partial charge >= 0.3 is 41.8 Å². The summed E-state index contributed by atoms with van der Waals surface area (Å²) in [6.45, 7) is 0.607. The molecule has 26 heteroatoms. The van der Waals surface area contributed by atoms with E-state index in [0.29, 0.717) is 72.6 Å². The Morgan fingerprint density at radius 3 is 0.913 bits per heavy atom. The molecule has 0 aromatic heterocycles. The maximum absolute atomic E-state index is 13.3. The molecule has 103 heavy (non-hydrogen) atoms. The van der Waals surface area contributed by atoms with Crippen LogP contribution in [0.1, 0.15) is 231 Å². The number of unbranched alkanes of at least 4 members (excludes halogenated alkanes) is 1. The first kappa shape index (κ1) is 79.9. The van der Waals surface area contributed by atoms with Gasteiger partial charge in [0.05, 0.1) is 47.7 Å². The molecule has 0 aromatic rings. The van der Waals surface area contributed by atoms with E-state index < -0.39 is 77.8 Å². The smallest absolute Gasteiger partial charge is 0.328 e. The van der Waals surface area contributed by atoms with Crippen LogP contribution in [0, 0.1) is 116 Å². The molecule has 24 nitrogen and oxygen atoms in total. The van der Waals surface area contributed by atoms with Crippen LogP contribution in [0.4, 0.5) is 0 Å². The van der Waals surface area contributed by atoms with Crippen LogP contribution >= 0.6 is 24.0 Å². The van der Waals surface area contributed by atoms with E-state index in [9.17, 15) is 62.6 Å². The van der Waals surface area contributed by atoms with Crippen molar-refractivity contribution in [2.24, 2.45) is 122 Å². The second kappa shape index (κ2) is 33.3. The highest BCUT2D eigenvalue weighted by atomic mass is 35.5. The topological polar surface area (TPSA) is 377 Å². The summed E-state index contributed by atoms with van der Waals surface area (Å²) in [5.41, 5.74) is 3.93. The molecule has 0 saturated heterocycles. The number of nitrogens with one attached hydrogen (secondary N) is 4. The number of carboxylic acids is 3. The predicted molar refractivity (Wildman–Crippen MR) is 377 cm³/mol. The molecular weight excluding hydrogens is 1370 g/mol. The van der Waals surface area contributed by atoms with Crippen LogP contribution in [0.15, 0.2) is 0 Å². The van der Waals surface area contributed by atoms with Crippen LogP contribution in [0.3, 0.4) is 0 Å². The Hall–Kier alpha value is -5.62. The van der Waals surface area contributed by atoms with Crippen molar-refractivity contribution >= 4 is 94.7 Å². The van der Waals surface area contributed by atoms with Crippen molar-refractivity contribution in [3.8, 4) is 0 Å². The molecule has 0 radical (unpaired) electrons. The van der Waals surface area contributed by atoms with E-state index in [1.807, 2.05) is 0 Å². The van der Waals surface area contributed by atoms with E-state index in [4.69, 9.17) is 32.3 Å². The normalized spacial score (nSPS) is 38.1. The number of amides is 4. The Kier molecular flexibility index (Phi) is 25.8. The summed E-state index contributed by atoms with van der Waals surface area (Å²) in [5.74, 6) is 4.64. The number of hydrogen-bond acceptors (Lipinski definition) is 17. The number of carbonyl (C=O) groups excluding carboxylic acids is 9.